The SMILES string of the molecule is C=CCOC12Oc3ccc(Oc4ccc(OC)c(C=O)c4)cc3C3C(CCCCO)C(CCCCO)C=C(C(=NOCC)CC1SCCCCCCCCCCCCCCCC)C32. The predicted octanol–water partition coefficient (Wildman–Crippen LogP) is 13.2. The summed E-state index contributed by atoms with van der Waals surface area (Å²) in [6, 6.07) is 11.3. The molecule has 0 bridgehead atoms. The highest BCUT2D eigenvalue weighted by atomic mass is 32.2. The van der Waals surface area contributed by atoms with Crippen LogP contribution >= 0.6 is 11.8 Å². The van der Waals surface area contributed by atoms with Gasteiger partial charge in [-0.15, -0.1) is 6.58 Å². The molecule has 0 amide bonds. The van der Waals surface area contributed by atoms with Gasteiger partial charge in [0.25, 0.3) is 0 Å². The number of rotatable bonds is 33. The number of oxime groups is 1. The lowest BCUT2D eigenvalue weighted by Gasteiger charge is -2.58. The van der Waals surface area contributed by atoms with Crippen molar-refractivity contribution in [1.29, 1.82) is 0 Å². The lowest BCUT2D eigenvalue weighted by molar-refractivity contribution is -0.223. The van der Waals surface area contributed by atoms with Crippen LogP contribution in [0.25, 0.3) is 0 Å². The molecule has 10 heteroatoms. The summed E-state index contributed by atoms with van der Waals surface area (Å²) in [6.45, 7) is 9.46. The Morgan fingerprint density at radius 3 is 2.13 bits per heavy atom. The van der Waals surface area contributed by atoms with E-state index in [0.29, 0.717) is 42.4 Å². The van der Waals surface area contributed by atoms with Gasteiger partial charge in [0.2, 0.25) is 5.79 Å². The summed E-state index contributed by atoms with van der Waals surface area (Å²) in [5.41, 5.74) is 3.56. The summed E-state index contributed by atoms with van der Waals surface area (Å²) in [7, 11) is 1.55. The first-order valence-electron chi connectivity index (χ1n) is 24.6. The number of hydrogen-bond donors (Lipinski definition) is 2. The quantitative estimate of drug-likeness (QED) is 0.0313. The van der Waals surface area contributed by atoms with Crippen molar-refractivity contribution < 1.29 is 38.8 Å². The lowest BCUT2D eigenvalue weighted by Crippen LogP contribution is -2.64. The van der Waals surface area contributed by atoms with E-state index >= 15 is 0 Å². The third-order valence-electron chi connectivity index (χ3n) is 13.3. The molecule has 0 radical (unpaired) electrons. The van der Waals surface area contributed by atoms with E-state index in [1.54, 1.807) is 19.2 Å². The molecule has 350 valence electrons. The Labute approximate surface area is 383 Å². The number of carbonyl (C=O) groups excluding carboxylic acids is 1. The fourth-order valence-electron chi connectivity index (χ4n) is 10.2. The normalized spacial score (nSPS) is 23.0. The molecule has 5 rings (SSSR count). The van der Waals surface area contributed by atoms with E-state index in [0.717, 1.165) is 79.6 Å². The molecule has 2 N–H and O–H groups in total. The third kappa shape index (κ3) is 14.1. The van der Waals surface area contributed by atoms with Crippen molar-refractivity contribution >= 4 is 23.8 Å². The number of unbranched alkanes of at least 4 members (excludes halogenated alkanes) is 15. The summed E-state index contributed by atoms with van der Waals surface area (Å²) >= 11 is 1.95. The minimum absolute atomic E-state index is 0.0300. The van der Waals surface area contributed by atoms with Crippen molar-refractivity contribution in [2.75, 3.05) is 39.3 Å². The van der Waals surface area contributed by atoms with Gasteiger partial charge < -0.3 is 34.0 Å². The molecule has 63 heavy (non-hydrogen) atoms. The van der Waals surface area contributed by atoms with Gasteiger partial charge in [0.05, 0.1) is 36.2 Å². The van der Waals surface area contributed by atoms with Crippen LogP contribution in [0.4, 0.5) is 0 Å². The molecule has 2 aromatic rings. The molecule has 1 heterocycles. The van der Waals surface area contributed by atoms with Crippen molar-refractivity contribution in [3.63, 3.8) is 0 Å². The van der Waals surface area contributed by atoms with E-state index in [4.69, 9.17) is 28.9 Å². The number of nitrogens with zero attached hydrogens (tertiary/aromatic N) is 1. The maximum Gasteiger partial charge on any atom is 0.230 e. The van der Waals surface area contributed by atoms with Gasteiger partial charge in [0, 0.05) is 31.1 Å². The lowest BCUT2D eigenvalue weighted by atomic mass is 9.56. The minimum atomic E-state index is -0.994. The summed E-state index contributed by atoms with van der Waals surface area (Å²) < 4.78 is 26.3. The largest absolute Gasteiger partial charge is 0.496 e. The van der Waals surface area contributed by atoms with E-state index < -0.39 is 5.79 Å². The zero-order chi connectivity index (χ0) is 44.7. The molecule has 1 fully saturated rings. The number of ether oxygens (including phenoxy) is 4. The summed E-state index contributed by atoms with van der Waals surface area (Å²) in [4.78, 5) is 17.8. The van der Waals surface area contributed by atoms with E-state index in [2.05, 4.69) is 25.6 Å². The van der Waals surface area contributed by atoms with Gasteiger partial charge in [-0.3, -0.25) is 4.79 Å². The summed E-state index contributed by atoms with van der Waals surface area (Å²) in [5, 5.41) is 24.6. The Kier molecular flexibility index (Phi) is 22.4. The van der Waals surface area contributed by atoms with Gasteiger partial charge in [-0.25, -0.2) is 0 Å². The monoisotopic (exact) mass is 890 g/mol. The van der Waals surface area contributed by atoms with Crippen LogP contribution in [0.5, 0.6) is 23.0 Å². The second kappa shape index (κ2) is 27.9. The van der Waals surface area contributed by atoms with Crippen molar-refractivity contribution in [3.8, 4) is 23.0 Å². The zero-order valence-corrected chi connectivity index (χ0v) is 39.7. The number of carbonyl (C=O) groups is 1. The van der Waals surface area contributed by atoms with Gasteiger partial charge in [-0.1, -0.05) is 121 Å². The molecule has 2 aromatic carbocycles. The van der Waals surface area contributed by atoms with Gasteiger partial charge in [-0.05, 0) is 98.6 Å². The minimum Gasteiger partial charge on any atom is -0.496 e. The first-order valence-corrected chi connectivity index (χ1v) is 25.7. The number of aliphatic hydroxyl groups is 2. The molecule has 6 unspecified atom stereocenters. The number of thioether (sulfide) groups is 1. The highest BCUT2D eigenvalue weighted by molar-refractivity contribution is 8.00. The van der Waals surface area contributed by atoms with Crippen LogP contribution in [-0.4, -0.2) is 72.5 Å². The van der Waals surface area contributed by atoms with E-state index in [9.17, 15) is 15.0 Å². The Balaban J connectivity index is 1.43. The smallest absolute Gasteiger partial charge is 0.230 e. The summed E-state index contributed by atoms with van der Waals surface area (Å²) in [6.07, 6.45) is 29.4. The average molecular weight is 890 g/mol. The highest BCUT2D eigenvalue weighted by Crippen LogP contribution is 2.62. The number of hydrogen-bond acceptors (Lipinski definition) is 10. The topological polar surface area (TPSA) is 116 Å². The van der Waals surface area contributed by atoms with Crippen molar-refractivity contribution in [2.24, 2.45) is 22.9 Å². The fraction of sp³-hybridized carbons (Fsp3) is 0.660. The molecule has 3 aliphatic rings. The van der Waals surface area contributed by atoms with E-state index in [-0.39, 0.29) is 42.1 Å². The molecule has 0 saturated heterocycles. The molecule has 1 aliphatic heterocycles. The highest BCUT2D eigenvalue weighted by Gasteiger charge is 2.64. The third-order valence-corrected chi connectivity index (χ3v) is 14.7. The van der Waals surface area contributed by atoms with Crippen LogP contribution in [0.15, 0.2) is 65.9 Å². The Hall–Kier alpha value is -3.31. The predicted molar refractivity (Wildman–Crippen MR) is 258 cm³/mol. The molecule has 2 aliphatic carbocycles. The average Bonchev–Trinajstić information content (AvgIpc) is 3.30. The standard InChI is InChI=1S/C53H79NO8S/c1-5-8-9-10-11-12-13-14-15-16-17-18-19-24-34-63-50-38-47(54-60-7-3)45-36-40(25-20-22-31-55)44(26-21-23-32-56)51-46-37-43(61-42-27-29-48(58-4)41(35-42)39-57)28-30-49(46)62-53(50,52(45)51)59-33-6-2/h6,27-30,35-37,39-40,44,50-52,55-56H,2,5,7-26,31-34,38H2,1,3-4H3. The van der Waals surface area contributed by atoms with Crippen LogP contribution < -0.4 is 14.2 Å². The number of benzene rings is 2. The van der Waals surface area contributed by atoms with Crippen LogP contribution in [0.3, 0.4) is 0 Å². The molecule has 1 saturated carbocycles. The molecule has 9 nitrogen and oxygen atoms in total. The van der Waals surface area contributed by atoms with Crippen LogP contribution in [0, 0.1) is 17.8 Å². The van der Waals surface area contributed by atoms with Crippen LogP contribution in [0.2, 0.25) is 0 Å². The Bertz CT molecular complexity index is 1730. The Morgan fingerprint density at radius 1 is 0.841 bits per heavy atom. The first kappa shape index (κ1) is 50.7. The molecule has 0 spiro atoms. The molecular formula is C53H79NO8S. The number of methoxy groups -OCH3 is 1. The van der Waals surface area contributed by atoms with Gasteiger partial charge in [0.1, 0.15) is 29.6 Å². The van der Waals surface area contributed by atoms with Gasteiger partial charge in [0.15, 0.2) is 6.29 Å². The Morgan fingerprint density at radius 2 is 1.49 bits per heavy atom. The summed E-state index contributed by atoms with van der Waals surface area (Å²) in [5.74, 6) is 2.62. The second-order valence-corrected chi connectivity index (χ2v) is 19.1. The van der Waals surface area contributed by atoms with E-state index in [1.165, 1.54) is 83.5 Å². The van der Waals surface area contributed by atoms with Crippen molar-refractivity contribution in [1.82, 2.24) is 0 Å². The molecular weight excluding hydrogens is 811 g/mol. The maximum atomic E-state index is 11.9. The molecule has 6 atom stereocenters. The number of fused-ring (bicyclic) bond motifs is 2. The second-order valence-electron chi connectivity index (χ2n) is 17.8. The van der Waals surface area contributed by atoms with Crippen molar-refractivity contribution in [2.45, 2.75) is 166 Å². The first-order chi connectivity index (χ1) is 31.0. The molecule has 0 aromatic heterocycles. The number of allylic oxidation sites excluding steroid dienone is 1. The van der Waals surface area contributed by atoms with Crippen LogP contribution in [-0.2, 0) is 9.57 Å². The van der Waals surface area contributed by atoms with Gasteiger partial charge >= 0.3 is 0 Å². The van der Waals surface area contributed by atoms with E-state index in [1.807, 2.05) is 43.0 Å². The van der Waals surface area contributed by atoms with Gasteiger partial charge in [-0.2, -0.15) is 11.8 Å². The fourth-order valence-corrected chi connectivity index (χ4v) is 11.6. The number of aliphatic hydroxyl groups excluding tert-OH is 2. The maximum absolute atomic E-state index is 11.9. The number of aldehydes is 1. The van der Waals surface area contributed by atoms with Crippen molar-refractivity contribution in [3.05, 3.63) is 71.8 Å². The zero-order valence-electron chi connectivity index (χ0n) is 38.9. The van der Waals surface area contributed by atoms with Crippen LogP contribution in [0.1, 0.15) is 171 Å².